The van der Waals surface area contributed by atoms with Gasteiger partial charge in [0.25, 0.3) is 0 Å². The fourth-order valence-corrected chi connectivity index (χ4v) is 10.6. The Hall–Kier alpha value is -1.54. The molecule has 278 valence electrons. The van der Waals surface area contributed by atoms with Crippen LogP contribution >= 0.6 is 0 Å². The van der Waals surface area contributed by atoms with Gasteiger partial charge in [-0.2, -0.15) is 0 Å². The number of rotatable bonds is 3. The molecule has 0 radical (unpaired) electrons. The zero-order valence-corrected chi connectivity index (χ0v) is 29.7. The molecule has 50 heavy (non-hydrogen) atoms. The molecule has 0 aromatic heterocycles. The maximum atomic E-state index is 13.9. The molecule has 17 atom stereocenters. The molecule has 0 unspecified atom stereocenters. The summed E-state index contributed by atoms with van der Waals surface area (Å²) in [6.45, 7) is 11.0. The molecule has 8 aliphatic heterocycles. The van der Waals surface area contributed by atoms with Crippen LogP contribution in [0.3, 0.4) is 0 Å². The van der Waals surface area contributed by atoms with Crippen LogP contribution in [0.2, 0.25) is 0 Å². The number of aldehydes is 1. The van der Waals surface area contributed by atoms with E-state index in [1.165, 1.54) is 0 Å². The Kier molecular flexibility index (Phi) is 10.2. The molecule has 0 aliphatic carbocycles. The zero-order valence-electron chi connectivity index (χ0n) is 29.7. The van der Waals surface area contributed by atoms with Crippen molar-refractivity contribution in [3.05, 3.63) is 24.3 Å². The molecule has 0 saturated carbocycles. The number of Topliss-reactive ketones (excluding diaryl/α,β-unsaturated/α-hetero) is 1. The number of aliphatic hydroxyl groups is 1. The number of carbonyl (C=O) groups is 2. The van der Waals surface area contributed by atoms with Crippen LogP contribution in [0.5, 0.6) is 0 Å². The van der Waals surface area contributed by atoms with Crippen molar-refractivity contribution in [3.63, 3.8) is 0 Å². The van der Waals surface area contributed by atoms with Crippen molar-refractivity contribution in [2.45, 2.75) is 188 Å². The van der Waals surface area contributed by atoms with Gasteiger partial charge >= 0.3 is 0 Å². The molecule has 0 aromatic carbocycles. The summed E-state index contributed by atoms with van der Waals surface area (Å²) < 4.78 is 52.5. The highest BCUT2D eigenvalue weighted by molar-refractivity contribution is 5.79. The molecule has 0 aromatic rings. The number of ketones is 1. The van der Waals surface area contributed by atoms with E-state index < -0.39 is 24.1 Å². The van der Waals surface area contributed by atoms with Gasteiger partial charge in [-0.25, -0.2) is 0 Å². The van der Waals surface area contributed by atoms with Crippen molar-refractivity contribution in [3.8, 4) is 0 Å². The Morgan fingerprint density at radius 2 is 1.62 bits per heavy atom. The summed E-state index contributed by atoms with van der Waals surface area (Å²) in [5, 5.41) is 11.1. The maximum absolute atomic E-state index is 13.9. The maximum Gasteiger partial charge on any atom is 0.172 e. The summed E-state index contributed by atoms with van der Waals surface area (Å²) in [5.74, 6) is -0.808. The third-order valence-electron chi connectivity index (χ3n) is 13.2. The fraction of sp³-hybridized carbons (Fsp3) is 0.846. The van der Waals surface area contributed by atoms with Crippen LogP contribution in [0.4, 0.5) is 0 Å². The van der Waals surface area contributed by atoms with Gasteiger partial charge in [0.15, 0.2) is 5.79 Å². The molecule has 10 bridgehead atoms. The average molecular weight is 701 g/mol. The van der Waals surface area contributed by atoms with Gasteiger partial charge in [0.1, 0.15) is 24.3 Å². The van der Waals surface area contributed by atoms with E-state index in [1.807, 2.05) is 0 Å². The lowest BCUT2D eigenvalue weighted by atomic mass is 9.81. The van der Waals surface area contributed by atoms with Gasteiger partial charge in [-0.1, -0.05) is 20.1 Å². The van der Waals surface area contributed by atoms with Crippen LogP contribution in [-0.4, -0.2) is 116 Å². The molecule has 1 spiro atoms. The van der Waals surface area contributed by atoms with Gasteiger partial charge in [-0.15, -0.1) is 0 Å². The van der Waals surface area contributed by atoms with Crippen LogP contribution < -0.4 is 0 Å². The predicted octanol–water partition coefficient (Wildman–Crippen LogP) is 4.30. The summed E-state index contributed by atoms with van der Waals surface area (Å²) in [4.78, 5) is 25.5. The first kappa shape index (κ1) is 35.5. The molecule has 11 heteroatoms. The molecule has 8 rings (SSSR count). The Morgan fingerprint density at radius 1 is 0.820 bits per heavy atom. The van der Waals surface area contributed by atoms with Crippen LogP contribution in [-0.2, 0) is 47.5 Å². The average Bonchev–Trinajstić information content (AvgIpc) is 3.69. The molecular formula is C39H56O11. The Bertz CT molecular complexity index is 1300. The Balaban J connectivity index is 1.06. The number of hydrogen-bond donors (Lipinski definition) is 1. The highest BCUT2D eigenvalue weighted by Crippen LogP contribution is 2.49. The van der Waals surface area contributed by atoms with Crippen molar-refractivity contribution in [1.82, 2.24) is 0 Å². The van der Waals surface area contributed by atoms with Crippen LogP contribution in [0.1, 0.15) is 96.8 Å². The minimum absolute atomic E-state index is 0.000657. The van der Waals surface area contributed by atoms with Crippen molar-refractivity contribution < 1.29 is 52.6 Å². The van der Waals surface area contributed by atoms with E-state index in [4.69, 9.17) is 37.9 Å². The summed E-state index contributed by atoms with van der Waals surface area (Å²) in [6.07, 6.45) is 5.43. The molecule has 8 fully saturated rings. The third-order valence-corrected chi connectivity index (χ3v) is 13.2. The number of ether oxygens (including phenoxy) is 8. The summed E-state index contributed by atoms with van der Waals surface area (Å²) in [7, 11) is 1.63. The Morgan fingerprint density at radius 3 is 2.44 bits per heavy atom. The van der Waals surface area contributed by atoms with E-state index in [1.54, 1.807) is 7.11 Å². The highest BCUT2D eigenvalue weighted by Gasteiger charge is 2.59. The predicted molar refractivity (Wildman–Crippen MR) is 179 cm³/mol. The van der Waals surface area contributed by atoms with Crippen molar-refractivity contribution in [1.29, 1.82) is 0 Å². The van der Waals surface area contributed by atoms with E-state index in [2.05, 4.69) is 20.1 Å². The molecule has 1 N–H and O–H groups in total. The summed E-state index contributed by atoms with van der Waals surface area (Å²) in [6, 6.07) is 0. The van der Waals surface area contributed by atoms with E-state index in [0.29, 0.717) is 32.1 Å². The zero-order chi connectivity index (χ0) is 34.7. The van der Waals surface area contributed by atoms with E-state index in [-0.39, 0.29) is 104 Å². The first-order valence-electron chi connectivity index (χ1n) is 19.3. The van der Waals surface area contributed by atoms with E-state index >= 15 is 0 Å². The topological polar surface area (TPSA) is 128 Å². The second kappa shape index (κ2) is 14.4. The second-order valence-electron chi connectivity index (χ2n) is 16.5. The molecular weight excluding hydrogens is 644 g/mol. The van der Waals surface area contributed by atoms with Crippen molar-refractivity contribution in [2.75, 3.05) is 7.11 Å². The van der Waals surface area contributed by atoms with Crippen LogP contribution in [0, 0.1) is 11.8 Å². The minimum atomic E-state index is -0.943. The standard InChI is InChI=1S/C39H56O11/c1-20-13-24-5-7-29-21(2)14-26(44-29)9-11-39-19-28(42)37(50-39)34-18-35(49-39)38-30(48-34)8-6-25(46-38)15-23(41)16-27-33(17-32(45-24)22(20)3)47-31(10-12-40)36(27)43-4/h12,20,24-38,42H,2-3,5-11,13-19H2,1,4H3/t20-,24+,25-,26+,27+,28-,29+,30+,31-,32-,33+,34-,35-,36-,37+,38+,39-/m1/s1. The first-order chi connectivity index (χ1) is 24.1. The second-order valence-corrected chi connectivity index (χ2v) is 16.5. The molecule has 11 nitrogen and oxygen atoms in total. The monoisotopic (exact) mass is 700 g/mol. The molecule has 8 aliphatic rings. The number of aliphatic hydroxyl groups excluding tert-OH is 1. The molecule has 8 heterocycles. The fourth-order valence-electron chi connectivity index (χ4n) is 10.6. The van der Waals surface area contributed by atoms with E-state index in [0.717, 1.165) is 56.0 Å². The van der Waals surface area contributed by atoms with Gasteiger partial charge in [-0.3, -0.25) is 4.79 Å². The number of methoxy groups -OCH3 is 1. The molecule has 0 amide bonds. The van der Waals surface area contributed by atoms with Gasteiger partial charge in [0.05, 0.1) is 73.2 Å². The molecule has 8 saturated heterocycles. The lowest BCUT2D eigenvalue weighted by molar-refractivity contribution is -0.277. The van der Waals surface area contributed by atoms with Gasteiger partial charge in [0.2, 0.25) is 0 Å². The SMILES string of the molecule is C=C1C[C@@H]2CC[C@]34C[C@@H](O)[C@H](O3)[C@H]3C[C@@H](O4)[C@H]4O[C@H](CC[C@@H]4O3)CC(=O)C[C@@H]3[C@@H](OC)[C@@H](CC=O)O[C@H]3C[C@H]3O[C@@H](CC[C@@H]1O2)C[C@@H](C)C3=C. The quantitative estimate of drug-likeness (QED) is 0.335. The lowest BCUT2D eigenvalue weighted by Gasteiger charge is -2.47. The van der Waals surface area contributed by atoms with Crippen molar-refractivity contribution in [2.24, 2.45) is 11.8 Å². The first-order valence-corrected chi connectivity index (χ1v) is 19.3. The van der Waals surface area contributed by atoms with Crippen LogP contribution in [0.15, 0.2) is 24.3 Å². The highest BCUT2D eigenvalue weighted by atomic mass is 16.7. The number of hydrogen-bond acceptors (Lipinski definition) is 11. The third kappa shape index (κ3) is 6.84. The Labute approximate surface area is 295 Å². The largest absolute Gasteiger partial charge is 0.390 e. The number of fused-ring (bicyclic) bond motifs is 9. The summed E-state index contributed by atoms with van der Waals surface area (Å²) >= 11 is 0. The van der Waals surface area contributed by atoms with Gasteiger partial charge < -0.3 is 47.8 Å². The van der Waals surface area contributed by atoms with Gasteiger partial charge in [-0.05, 0) is 62.0 Å². The minimum Gasteiger partial charge on any atom is -0.390 e. The smallest absolute Gasteiger partial charge is 0.172 e. The van der Waals surface area contributed by atoms with Crippen LogP contribution in [0.25, 0.3) is 0 Å². The normalized spacial score (nSPS) is 51.1. The lowest BCUT2D eigenvalue weighted by Crippen LogP contribution is -2.58. The van der Waals surface area contributed by atoms with Gasteiger partial charge in [0, 0.05) is 58.0 Å². The van der Waals surface area contributed by atoms with E-state index in [9.17, 15) is 14.7 Å². The number of carbonyl (C=O) groups excluding carboxylic acids is 2. The summed E-state index contributed by atoms with van der Waals surface area (Å²) in [5.41, 5.74) is 2.15. The van der Waals surface area contributed by atoms with Crippen molar-refractivity contribution >= 4 is 12.1 Å².